The van der Waals surface area contributed by atoms with Crippen LogP contribution >= 0.6 is 0 Å². The van der Waals surface area contributed by atoms with Crippen LogP contribution in [0.2, 0.25) is 0 Å². The molecule has 2 heterocycles. The highest BCUT2D eigenvalue weighted by atomic mass is 16.5. The van der Waals surface area contributed by atoms with Gasteiger partial charge in [-0.3, -0.25) is 4.79 Å². The van der Waals surface area contributed by atoms with Crippen molar-refractivity contribution in [1.29, 1.82) is 0 Å². The minimum Gasteiger partial charge on any atom is -0.381 e. The molecule has 0 aromatic heterocycles. The van der Waals surface area contributed by atoms with Crippen LogP contribution < -0.4 is 11.1 Å². The average molecular weight is 310 g/mol. The van der Waals surface area contributed by atoms with E-state index in [1.165, 1.54) is 25.7 Å². The predicted molar refractivity (Wildman–Crippen MR) is 84.4 cm³/mol. The van der Waals surface area contributed by atoms with Crippen LogP contribution in [-0.4, -0.2) is 44.4 Å². The molecule has 2 aliphatic heterocycles. The summed E-state index contributed by atoms with van der Waals surface area (Å²) in [6, 6.07) is -0.0604. The fourth-order valence-corrected chi connectivity index (χ4v) is 4.27. The van der Waals surface area contributed by atoms with E-state index >= 15 is 0 Å². The summed E-state index contributed by atoms with van der Waals surface area (Å²) in [7, 11) is 0. The number of hydrogen-bond donors (Lipinski definition) is 2. The molecule has 22 heavy (non-hydrogen) atoms. The molecule has 1 unspecified atom stereocenters. The van der Waals surface area contributed by atoms with Gasteiger partial charge in [0.15, 0.2) is 0 Å². The van der Waals surface area contributed by atoms with Gasteiger partial charge in [-0.1, -0.05) is 0 Å². The molecule has 126 valence electrons. The van der Waals surface area contributed by atoms with E-state index in [0.717, 1.165) is 52.1 Å². The van der Waals surface area contributed by atoms with Gasteiger partial charge in [0.1, 0.15) is 0 Å². The number of carbonyl (C=O) groups excluding carboxylic acids is 1. The summed E-state index contributed by atoms with van der Waals surface area (Å²) in [4.78, 5) is 12.4. The zero-order chi connectivity index (χ0) is 15.4. The Kier molecular flexibility index (Phi) is 5.37. The first-order chi connectivity index (χ1) is 10.7. The van der Waals surface area contributed by atoms with Crippen LogP contribution in [0.15, 0.2) is 0 Å². The lowest BCUT2D eigenvalue weighted by Gasteiger charge is -2.43. The highest BCUT2D eigenvalue weighted by Gasteiger charge is 2.37. The first kappa shape index (κ1) is 16.2. The molecule has 0 bridgehead atoms. The molecule has 0 radical (unpaired) electrons. The van der Waals surface area contributed by atoms with Gasteiger partial charge in [0, 0.05) is 32.5 Å². The van der Waals surface area contributed by atoms with E-state index in [1.54, 1.807) is 0 Å². The van der Waals surface area contributed by atoms with E-state index in [2.05, 4.69) is 5.32 Å². The highest BCUT2D eigenvalue weighted by Crippen LogP contribution is 2.44. The molecule has 0 aromatic carbocycles. The number of carbonyl (C=O) groups is 1. The minimum atomic E-state index is -0.372. The molecule has 3 rings (SSSR count). The Morgan fingerprint density at radius 2 is 1.55 bits per heavy atom. The van der Waals surface area contributed by atoms with Crippen molar-refractivity contribution >= 4 is 5.91 Å². The first-order valence-corrected chi connectivity index (χ1v) is 8.90. The molecule has 1 atom stereocenters. The van der Waals surface area contributed by atoms with E-state index in [4.69, 9.17) is 15.2 Å². The lowest BCUT2D eigenvalue weighted by molar-refractivity contribution is -0.125. The fraction of sp³-hybridized carbons (Fsp3) is 0.941. The molecule has 2 saturated heterocycles. The van der Waals surface area contributed by atoms with Gasteiger partial charge in [0.05, 0.1) is 6.04 Å². The minimum absolute atomic E-state index is 0.0415. The molecule has 1 spiro atoms. The van der Waals surface area contributed by atoms with Gasteiger partial charge in [0.25, 0.3) is 0 Å². The van der Waals surface area contributed by atoms with Gasteiger partial charge in [0.2, 0.25) is 5.91 Å². The Morgan fingerprint density at radius 1 is 0.955 bits per heavy atom. The maximum absolute atomic E-state index is 12.4. The third kappa shape index (κ3) is 3.81. The van der Waals surface area contributed by atoms with Gasteiger partial charge in [-0.25, -0.2) is 0 Å². The molecule has 5 nitrogen and oxygen atoms in total. The third-order valence-electron chi connectivity index (χ3n) is 6.02. The number of amides is 1. The molecular formula is C17H30N2O3. The van der Waals surface area contributed by atoms with Crippen molar-refractivity contribution in [3.05, 3.63) is 0 Å². The predicted octanol–water partition coefficient (Wildman–Crippen LogP) is 1.60. The summed E-state index contributed by atoms with van der Waals surface area (Å²) in [5.74, 6) is 0.319. The van der Waals surface area contributed by atoms with E-state index in [9.17, 15) is 4.79 Å². The Labute approximate surface area is 133 Å². The normalized spacial score (nSPS) is 28.4. The molecule has 0 aromatic rings. The van der Waals surface area contributed by atoms with Gasteiger partial charge in [-0.15, -0.1) is 0 Å². The second-order valence-electron chi connectivity index (χ2n) is 7.37. The van der Waals surface area contributed by atoms with Crippen molar-refractivity contribution in [3.63, 3.8) is 0 Å². The summed E-state index contributed by atoms with van der Waals surface area (Å²) >= 11 is 0. The average Bonchev–Trinajstić information content (AvgIpc) is 2.58. The maximum atomic E-state index is 12.4. The van der Waals surface area contributed by atoms with Crippen molar-refractivity contribution in [2.75, 3.05) is 26.4 Å². The number of ether oxygens (including phenoxy) is 2. The Hall–Kier alpha value is -0.650. The molecule has 1 aliphatic carbocycles. The van der Waals surface area contributed by atoms with Crippen molar-refractivity contribution < 1.29 is 14.3 Å². The van der Waals surface area contributed by atoms with E-state index in [-0.39, 0.29) is 17.9 Å². The summed E-state index contributed by atoms with van der Waals surface area (Å²) < 4.78 is 10.8. The Bertz CT molecular complexity index is 366. The second kappa shape index (κ2) is 7.28. The SMILES string of the molecule is NC(C(=O)NC1CCC2(CCOCC2)CC1)C1CCOCC1. The number of nitrogens with one attached hydrogen (secondary N) is 1. The topological polar surface area (TPSA) is 73.6 Å². The summed E-state index contributed by atoms with van der Waals surface area (Å²) in [6.07, 6.45) is 8.80. The van der Waals surface area contributed by atoms with Crippen LogP contribution in [0, 0.1) is 11.3 Å². The zero-order valence-corrected chi connectivity index (χ0v) is 13.5. The molecule has 1 saturated carbocycles. The van der Waals surface area contributed by atoms with Crippen LogP contribution in [0.4, 0.5) is 0 Å². The van der Waals surface area contributed by atoms with Crippen molar-refractivity contribution in [3.8, 4) is 0 Å². The number of nitrogens with two attached hydrogens (primary N) is 1. The lowest BCUT2D eigenvalue weighted by atomic mass is 9.68. The molecule has 3 N–H and O–H groups in total. The molecule has 5 heteroatoms. The zero-order valence-electron chi connectivity index (χ0n) is 13.5. The van der Waals surface area contributed by atoms with Crippen LogP contribution in [0.5, 0.6) is 0 Å². The van der Waals surface area contributed by atoms with Crippen LogP contribution in [0.3, 0.4) is 0 Å². The standard InChI is InChI=1S/C17H30N2O3/c18-15(13-3-9-21-10-4-13)16(20)19-14-1-5-17(6-2-14)7-11-22-12-8-17/h13-15H,1-12,18H2,(H,19,20). The van der Waals surface area contributed by atoms with E-state index in [1.807, 2.05) is 0 Å². The lowest BCUT2D eigenvalue weighted by Crippen LogP contribution is -2.51. The van der Waals surface area contributed by atoms with Crippen LogP contribution in [-0.2, 0) is 14.3 Å². The summed E-state index contributed by atoms with van der Waals surface area (Å²) in [5.41, 5.74) is 6.65. The number of rotatable bonds is 3. The largest absolute Gasteiger partial charge is 0.381 e. The van der Waals surface area contributed by atoms with Gasteiger partial charge in [-0.05, 0) is 62.7 Å². The Balaban J connectivity index is 1.44. The van der Waals surface area contributed by atoms with E-state index < -0.39 is 0 Å². The quantitative estimate of drug-likeness (QED) is 0.830. The van der Waals surface area contributed by atoms with E-state index in [0.29, 0.717) is 11.5 Å². The monoisotopic (exact) mass is 310 g/mol. The summed E-state index contributed by atoms with van der Waals surface area (Å²) in [6.45, 7) is 3.29. The fourth-order valence-electron chi connectivity index (χ4n) is 4.27. The highest BCUT2D eigenvalue weighted by molar-refractivity contribution is 5.82. The molecule has 1 amide bonds. The van der Waals surface area contributed by atoms with Gasteiger partial charge in [-0.2, -0.15) is 0 Å². The second-order valence-corrected chi connectivity index (χ2v) is 7.37. The first-order valence-electron chi connectivity index (χ1n) is 8.90. The summed E-state index contributed by atoms with van der Waals surface area (Å²) in [5, 5.41) is 3.20. The van der Waals surface area contributed by atoms with Gasteiger partial charge < -0.3 is 20.5 Å². The maximum Gasteiger partial charge on any atom is 0.237 e. The molecular weight excluding hydrogens is 280 g/mol. The molecule has 3 fully saturated rings. The van der Waals surface area contributed by atoms with Crippen molar-refractivity contribution in [2.24, 2.45) is 17.1 Å². The van der Waals surface area contributed by atoms with Gasteiger partial charge >= 0.3 is 0 Å². The third-order valence-corrected chi connectivity index (χ3v) is 6.02. The van der Waals surface area contributed by atoms with Crippen molar-refractivity contribution in [1.82, 2.24) is 5.32 Å². The Morgan fingerprint density at radius 3 is 2.18 bits per heavy atom. The van der Waals surface area contributed by atoms with Crippen LogP contribution in [0.1, 0.15) is 51.4 Å². The van der Waals surface area contributed by atoms with Crippen molar-refractivity contribution in [2.45, 2.75) is 63.5 Å². The number of hydrogen-bond acceptors (Lipinski definition) is 4. The molecule has 3 aliphatic rings. The van der Waals surface area contributed by atoms with Crippen LogP contribution in [0.25, 0.3) is 0 Å². The smallest absolute Gasteiger partial charge is 0.237 e.